The fourth-order valence-corrected chi connectivity index (χ4v) is 3.14. The Kier molecular flexibility index (Phi) is 3.10. The Morgan fingerprint density at radius 1 is 1.04 bits per heavy atom. The number of benzene rings is 2. The fourth-order valence-electron chi connectivity index (χ4n) is 3.14. The van der Waals surface area contributed by atoms with Crippen LogP contribution in [0.15, 0.2) is 65.8 Å². The number of para-hydroxylation sites is 2. The van der Waals surface area contributed by atoms with E-state index in [0.29, 0.717) is 0 Å². The van der Waals surface area contributed by atoms with Crippen LogP contribution < -0.4 is 4.90 Å². The Balaban J connectivity index is 1.96. The van der Waals surface area contributed by atoms with Crippen molar-refractivity contribution in [2.45, 2.75) is 19.5 Å². The Labute approximate surface area is 140 Å². The Morgan fingerprint density at radius 2 is 1.79 bits per heavy atom. The van der Waals surface area contributed by atoms with Crippen LogP contribution in [0.1, 0.15) is 25.0 Å². The third-order valence-corrected chi connectivity index (χ3v) is 4.30. The molecule has 1 aliphatic rings. The Hall–Kier alpha value is -3.19. The predicted molar refractivity (Wildman–Crippen MR) is 96.0 cm³/mol. The average Bonchev–Trinajstić information content (AvgIpc) is 2.60. The van der Waals surface area contributed by atoms with Gasteiger partial charge in [-0.25, -0.2) is 0 Å². The van der Waals surface area contributed by atoms with Crippen molar-refractivity contribution in [1.82, 2.24) is 4.98 Å². The first-order valence-electron chi connectivity index (χ1n) is 7.84. The minimum Gasteiger partial charge on any atom is -0.256 e. The molecule has 0 radical (unpaired) electrons. The first-order chi connectivity index (χ1) is 11.6. The average molecular weight is 312 g/mol. The summed E-state index contributed by atoms with van der Waals surface area (Å²) < 4.78 is 0. The van der Waals surface area contributed by atoms with Crippen LogP contribution in [-0.4, -0.2) is 16.4 Å². The van der Waals surface area contributed by atoms with Crippen molar-refractivity contribution in [1.29, 1.82) is 5.26 Å². The molecule has 1 aromatic heterocycles. The zero-order valence-electron chi connectivity index (χ0n) is 13.6. The number of aliphatic imine (C=N–C) groups is 1. The van der Waals surface area contributed by atoms with Gasteiger partial charge in [-0.2, -0.15) is 5.26 Å². The second kappa shape index (κ2) is 5.17. The van der Waals surface area contributed by atoms with Crippen molar-refractivity contribution in [2.24, 2.45) is 4.99 Å². The van der Waals surface area contributed by atoms with Crippen molar-refractivity contribution in [2.75, 3.05) is 4.90 Å². The summed E-state index contributed by atoms with van der Waals surface area (Å²) >= 11 is 0. The molecule has 0 spiro atoms. The molecular weight excluding hydrogens is 296 g/mol. The van der Waals surface area contributed by atoms with Gasteiger partial charge in [-0.1, -0.05) is 36.4 Å². The number of hydrogen-bond donors (Lipinski definition) is 0. The van der Waals surface area contributed by atoms with Crippen molar-refractivity contribution >= 4 is 22.3 Å². The van der Waals surface area contributed by atoms with Gasteiger partial charge in [-0.05, 0) is 32.0 Å². The van der Waals surface area contributed by atoms with Crippen molar-refractivity contribution in [3.63, 3.8) is 0 Å². The van der Waals surface area contributed by atoms with Gasteiger partial charge in [0.1, 0.15) is 5.66 Å². The topological polar surface area (TPSA) is 52.3 Å². The summed E-state index contributed by atoms with van der Waals surface area (Å²) in [6.45, 7) is 3.89. The maximum atomic E-state index is 9.57. The van der Waals surface area contributed by atoms with Gasteiger partial charge in [-0.3, -0.25) is 14.9 Å². The van der Waals surface area contributed by atoms with Gasteiger partial charge in [0.2, 0.25) is 0 Å². The summed E-state index contributed by atoms with van der Waals surface area (Å²) in [5.41, 5.74) is 4.00. The quantitative estimate of drug-likeness (QED) is 0.635. The largest absolute Gasteiger partial charge is 0.256 e. The number of nitrogens with zero attached hydrogens (tertiary/aromatic N) is 4. The molecule has 2 heterocycles. The molecule has 0 bridgehead atoms. The summed E-state index contributed by atoms with van der Waals surface area (Å²) in [7, 11) is 0. The smallest absolute Gasteiger partial charge is 0.186 e. The van der Waals surface area contributed by atoms with Gasteiger partial charge >= 0.3 is 0 Å². The molecule has 1 aliphatic heterocycles. The van der Waals surface area contributed by atoms with Gasteiger partial charge in [0.15, 0.2) is 6.19 Å². The van der Waals surface area contributed by atoms with E-state index in [-0.39, 0.29) is 0 Å². The maximum absolute atomic E-state index is 9.57. The zero-order valence-corrected chi connectivity index (χ0v) is 13.6. The molecule has 116 valence electrons. The Bertz CT molecular complexity index is 1010. The fraction of sp³-hybridized carbons (Fsp3) is 0.150. The second-order valence-corrected chi connectivity index (χ2v) is 6.32. The first kappa shape index (κ1) is 14.4. The van der Waals surface area contributed by atoms with E-state index in [4.69, 9.17) is 4.99 Å². The van der Waals surface area contributed by atoms with Crippen LogP contribution in [0.5, 0.6) is 0 Å². The van der Waals surface area contributed by atoms with Gasteiger partial charge in [0.05, 0.1) is 16.9 Å². The molecule has 24 heavy (non-hydrogen) atoms. The molecule has 0 saturated carbocycles. The molecule has 0 aliphatic carbocycles. The van der Waals surface area contributed by atoms with Crippen LogP contribution in [0.4, 0.5) is 5.69 Å². The van der Waals surface area contributed by atoms with Crippen molar-refractivity contribution in [3.05, 3.63) is 71.9 Å². The monoisotopic (exact) mass is 312 g/mol. The molecule has 0 N–H and O–H groups in total. The third kappa shape index (κ3) is 2.14. The normalized spacial score (nSPS) is 15.5. The lowest BCUT2D eigenvalue weighted by molar-refractivity contribution is 0.529. The molecule has 4 nitrogen and oxygen atoms in total. The van der Waals surface area contributed by atoms with E-state index < -0.39 is 5.66 Å². The summed E-state index contributed by atoms with van der Waals surface area (Å²) in [4.78, 5) is 11.1. The van der Waals surface area contributed by atoms with E-state index in [1.54, 1.807) is 4.90 Å². The van der Waals surface area contributed by atoms with E-state index in [2.05, 4.69) is 17.2 Å². The lowest BCUT2D eigenvalue weighted by atomic mass is 9.95. The summed E-state index contributed by atoms with van der Waals surface area (Å²) in [6.07, 6.45) is 4.12. The lowest BCUT2D eigenvalue weighted by Gasteiger charge is -2.37. The van der Waals surface area contributed by atoms with Gasteiger partial charge in [0, 0.05) is 22.7 Å². The number of aromatic nitrogens is 1. The van der Waals surface area contributed by atoms with Crippen LogP contribution in [-0.2, 0) is 0 Å². The molecule has 0 saturated heterocycles. The lowest BCUT2D eigenvalue weighted by Crippen LogP contribution is -2.43. The molecule has 4 rings (SSSR count). The maximum Gasteiger partial charge on any atom is 0.186 e. The second-order valence-electron chi connectivity index (χ2n) is 6.32. The molecular formula is C20H16N4. The zero-order chi connectivity index (χ0) is 16.7. The van der Waals surface area contributed by atoms with E-state index in [1.165, 1.54) is 0 Å². The van der Waals surface area contributed by atoms with Crippen LogP contribution >= 0.6 is 0 Å². The highest BCUT2D eigenvalue weighted by atomic mass is 15.3. The van der Waals surface area contributed by atoms with E-state index in [9.17, 15) is 5.26 Å². The molecule has 2 aromatic carbocycles. The minimum absolute atomic E-state index is 0.635. The summed E-state index contributed by atoms with van der Waals surface area (Å²) in [5, 5.41) is 10.6. The molecule has 3 aromatic rings. The molecule has 0 fully saturated rings. The Morgan fingerprint density at radius 3 is 2.62 bits per heavy atom. The van der Waals surface area contributed by atoms with Gasteiger partial charge < -0.3 is 0 Å². The van der Waals surface area contributed by atoms with Gasteiger partial charge in [0.25, 0.3) is 0 Å². The van der Waals surface area contributed by atoms with Crippen LogP contribution in [0.3, 0.4) is 0 Å². The molecule has 0 atom stereocenters. The first-order valence-corrected chi connectivity index (χ1v) is 7.84. The number of fused-ring (bicyclic) bond motifs is 2. The highest BCUT2D eigenvalue weighted by molar-refractivity contribution is 6.18. The van der Waals surface area contributed by atoms with Crippen LogP contribution in [0, 0.1) is 11.5 Å². The molecule has 4 heteroatoms. The molecule has 0 unspecified atom stereocenters. The minimum atomic E-state index is -0.635. The summed E-state index contributed by atoms with van der Waals surface area (Å²) in [5.74, 6) is 0. The summed E-state index contributed by atoms with van der Waals surface area (Å²) in [6, 6.07) is 18.0. The standard InChI is InChI=1S/C20H16N4/c1-20(2)23-19(16-8-4-6-10-18(16)24(20)13-21)15-11-14-7-3-5-9-17(14)22-12-15/h3-12H,1-2H3. The van der Waals surface area contributed by atoms with Gasteiger partial charge in [-0.15, -0.1) is 0 Å². The van der Waals surface area contributed by atoms with Crippen molar-refractivity contribution < 1.29 is 0 Å². The number of pyridine rings is 1. The van der Waals surface area contributed by atoms with Crippen molar-refractivity contribution in [3.8, 4) is 6.19 Å². The van der Waals surface area contributed by atoms with Crippen LogP contribution in [0.25, 0.3) is 10.9 Å². The van der Waals surface area contributed by atoms with Crippen LogP contribution in [0.2, 0.25) is 0 Å². The SMILES string of the molecule is CC1(C)N=C(c2cnc3ccccc3c2)c2ccccc2N1C#N. The highest BCUT2D eigenvalue weighted by Crippen LogP contribution is 2.35. The third-order valence-electron chi connectivity index (χ3n) is 4.30. The van der Waals surface area contributed by atoms with E-state index >= 15 is 0 Å². The number of anilines is 1. The van der Waals surface area contributed by atoms with E-state index in [0.717, 1.165) is 33.4 Å². The highest BCUT2D eigenvalue weighted by Gasteiger charge is 2.34. The predicted octanol–water partition coefficient (Wildman–Crippen LogP) is 4.11. The molecule has 0 amide bonds. The van der Waals surface area contributed by atoms with E-state index in [1.807, 2.05) is 68.6 Å². The number of rotatable bonds is 1. The number of nitriles is 1. The number of hydrogen-bond acceptors (Lipinski definition) is 4.